The summed E-state index contributed by atoms with van der Waals surface area (Å²) < 4.78 is 0. The van der Waals surface area contributed by atoms with Gasteiger partial charge in [0.05, 0.1) is 10.7 Å². The number of rotatable bonds is 5. The summed E-state index contributed by atoms with van der Waals surface area (Å²) in [5, 5.41) is 8.48. The van der Waals surface area contributed by atoms with Gasteiger partial charge in [-0.05, 0) is 45.7 Å². The minimum Gasteiger partial charge on any atom is -0.330 e. The molecule has 9 heteroatoms. The van der Waals surface area contributed by atoms with Crippen molar-refractivity contribution >= 4 is 39.6 Å². The van der Waals surface area contributed by atoms with Crippen molar-refractivity contribution in [3.63, 3.8) is 0 Å². The lowest BCUT2D eigenvalue weighted by atomic mass is 9.94. The van der Waals surface area contributed by atoms with E-state index < -0.39 is 0 Å². The normalized spacial score (nSPS) is 21.2. The Kier molecular flexibility index (Phi) is 6.03. The highest BCUT2D eigenvalue weighted by Crippen LogP contribution is 2.27. The van der Waals surface area contributed by atoms with Crippen LogP contribution in [-0.2, 0) is 16.1 Å². The number of nitrogens with zero attached hydrogens (tertiary/aromatic N) is 4. The number of hydrogen-bond donors (Lipinski definition) is 1. The summed E-state index contributed by atoms with van der Waals surface area (Å²) >= 11 is 3.07. The highest BCUT2D eigenvalue weighted by atomic mass is 32.1. The largest absolute Gasteiger partial charge is 0.330 e. The molecule has 4 rings (SSSR count). The third-order valence-corrected chi connectivity index (χ3v) is 7.00. The van der Waals surface area contributed by atoms with Gasteiger partial charge in [-0.2, -0.15) is 0 Å². The number of thiazole rings is 2. The maximum atomic E-state index is 13.1. The van der Waals surface area contributed by atoms with Crippen molar-refractivity contribution in [1.82, 2.24) is 19.8 Å². The Bertz CT molecular complexity index is 814. The fourth-order valence-corrected chi connectivity index (χ4v) is 5.20. The summed E-state index contributed by atoms with van der Waals surface area (Å²) in [7, 11) is 0. The van der Waals surface area contributed by atoms with Crippen LogP contribution < -0.4 is 5.32 Å². The molecular formula is C19H25N5O2S2. The van der Waals surface area contributed by atoms with E-state index in [1.807, 2.05) is 12.3 Å². The lowest BCUT2D eigenvalue weighted by molar-refractivity contribution is -0.141. The third-order valence-electron chi connectivity index (χ3n) is 5.49. The van der Waals surface area contributed by atoms with E-state index in [1.54, 1.807) is 22.4 Å². The summed E-state index contributed by atoms with van der Waals surface area (Å²) in [6.45, 7) is 5.35. The molecule has 7 nitrogen and oxygen atoms in total. The van der Waals surface area contributed by atoms with E-state index in [2.05, 4.69) is 25.6 Å². The van der Waals surface area contributed by atoms with Gasteiger partial charge in [0, 0.05) is 36.0 Å². The van der Waals surface area contributed by atoms with E-state index >= 15 is 0 Å². The van der Waals surface area contributed by atoms with Crippen LogP contribution in [0.2, 0.25) is 0 Å². The zero-order valence-corrected chi connectivity index (χ0v) is 17.6. The zero-order chi connectivity index (χ0) is 19.5. The van der Waals surface area contributed by atoms with Gasteiger partial charge in [0.1, 0.15) is 6.04 Å². The molecule has 0 bridgehead atoms. The van der Waals surface area contributed by atoms with Gasteiger partial charge >= 0.3 is 0 Å². The Hall–Kier alpha value is -1.84. The Morgan fingerprint density at radius 2 is 2.04 bits per heavy atom. The number of hydrogen-bond acceptors (Lipinski definition) is 7. The monoisotopic (exact) mass is 419 g/mol. The lowest BCUT2D eigenvalue weighted by Gasteiger charge is -2.34. The van der Waals surface area contributed by atoms with Gasteiger partial charge in [0.2, 0.25) is 11.8 Å². The first-order valence-corrected chi connectivity index (χ1v) is 11.5. The van der Waals surface area contributed by atoms with Gasteiger partial charge in [-0.3, -0.25) is 14.5 Å². The molecule has 0 spiro atoms. The van der Waals surface area contributed by atoms with Gasteiger partial charge in [0.15, 0.2) is 5.13 Å². The number of amides is 2. The number of nitrogens with one attached hydrogen (secondary N) is 1. The van der Waals surface area contributed by atoms with Crippen molar-refractivity contribution in [2.75, 3.05) is 25.0 Å². The van der Waals surface area contributed by atoms with E-state index in [9.17, 15) is 9.59 Å². The van der Waals surface area contributed by atoms with Gasteiger partial charge in [-0.15, -0.1) is 22.7 Å². The Morgan fingerprint density at radius 1 is 1.21 bits per heavy atom. The van der Waals surface area contributed by atoms with E-state index in [-0.39, 0.29) is 23.8 Å². The summed E-state index contributed by atoms with van der Waals surface area (Å²) in [5.41, 5.74) is 1.12. The second-order valence-electron chi connectivity index (χ2n) is 7.42. The first-order chi connectivity index (χ1) is 13.6. The van der Waals surface area contributed by atoms with Crippen molar-refractivity contribution < 1.29 is 9.59 Å². The number of carbonyl (C=O) groups is 2. The molecule has 1 N–H and O–H groups in total. The molecule has 150 valence electrons. The van der Waals surface area contributed by atoms with Crippen LogP contribution in [0.25, 0.3) is 0 Å². The number of likely N-dealkylation sites (tertiary alicyclic amines) is 2. The van der Waals surface area contributed by atoms with Crippen molar-refractivity contribution in [2.24, 2.45) is 5.92 Å². The zero-order valence-electron chi connectivity index (χ0n) is 16.0. The van der Waals surface area contributed by atoms with Crippen molar-refractivity contribution in [2.45, 2.75) is 45.2 Å². The Balaban J connectivity index is 1.30. The van der Waals surface area contributed by atoms with Crippen LogP contribution in [0.4, 0.5) is 5.13 Å². The number of aromatic nitrogens is 2. The molecule has 28 heavy (non-hydrogen) atoms. The highest BCUT2D eigenvalue weighted by Gasteiger charge is 2.38. The fraction of sp³-hybridized carbons (Fsp3) is 0.579. The highest BCUT2D eigenvalue weighted by molar-refractivity contribution is 7.13. The fourth-order valence-electron chi connectivity index (χ4n) is 4.06. The maximum absolute atomic E-state index is 13.1. The molecule has 2 aliphatic heterocycles. The van der Waals surface area contributed by atoms with Crippen molar-refractivity contribution in [3.05, 3.63) is 27.7 Å². The molecule has 0 aliphatic carbocycles. The minimum atomic E-state index is -0.368. The van der Waals surface area contributed by atoms with Crippen LogP contribution in [0.1, 0.15) is 36.4 Å². The van der Waals surface area contributed by atoms with Gasteiger partial charge in [-0.1, -0.05) is 0 Å². The molecule has 0 saturated carbocycles. The minimum absolute atomic E-state index is 0.0154. The van der Waals surface area contributed by atoms with Crippen LogP contribution in [-0.4, -0.2) is 57.3 Å². The van der Waals surface area contributed by atoms with E-state index in [4.69, 9.17) is 0 Å². The molecule has 2 aromatic heterocycles. The van der Waals surface area contributed by atoms with E-state index in [1.165, 1.54) is 11.3 Å². The number of anilines is 1. The van der Waals surface area contributed by atoms with Crippen LogP contribution in [0, 0.1) is 12.8 Å². The molecule has 2 amide bonds. The average Bonchev–Trinajstić information content (AvgIpc) is 3.44. The first kappa shape index (κ1) is 19.5. The maximum Gasteiger partial charge on any atom is 0.248 e. The summed E-state index contributed by atoms with van der Waals surface area (Å²) in [4.78, 5) is 38.5. The second kappa shape index (κ2) is 8.67. The predicted molar refractivity (Wildman–Crippen MR) is 110 cm³/mol. The Morgan fingerprint density at radius 3 is 2.71 bits per heavy atom. The topological polar surface area (TPSA) is 78.4 Å². The van der Waals surface area contributed by atoms with Crippen LogP contribution in [0.15, 0.2) is 17.0 Å². The smallest absolute Gasteiger partial charge is 0.248 e. The third kappa shape index (κ3) is 4.42. The van der Waals surface area contributed by atoms with Gasteiger partial charge < -0.3 is 10.2 Å². The second-order valence-corrected chi connectivity index (χ2v) is 9.38. The van der Waals surface area contributed by atoms with Crippen LogP contribution in [0.3, 0.4) is 0 Å². The van der Waals surface area contributed by atoms with Crippen molar-refractivity contribution in [3.8, 4) is 0 Å². The molecule has 2 aromatic rings. The van der Waals surface area contributed by atoms with E-state index in [0.29, 0.717) is 11.7 Å². The molecule has 1 atom stereocenters. The summed E-state index contributed by atoms with van der Waals surface area (Å²) in [5.74, 6) is 0.0414. The molecule has 4 heterocycles. The summed E-state index contributed by atoms with van der Waals surface area (Å²) in [6.07, 6.45) is 4.96. The van der Waals surface area contributed by atoms with Gasteiger partial charge in [0.25, 0.3) is 0 Å². The lowest BCUT2D eigenvalue weighted by Crippen LogP contribution is -2.48. The predicted octanol–water partition coefficient (Wildman–Crippen LogP) is 2.75. The van der Waals surface area contributed by atoms with Crippen LogP contribution in [0.5, 0.6) is 0 Å². The molecule has 0 radical (unpaired) electrons. The molecule has 0 aromatic carbocycles. The van der Waals surface area contributed by atoms with Gasteiger partial charge in [-0.25, -0.2) is 9.97 Å². The summed E-state index contributed by atoms with van der Waals surface area (Å²) in [6, 6.07) is -0.368. The van der Waals surface area contributed by atoms with E-state index in [0.717, 1.165) is 56.0 Å². The average molecular weight is 420 g/mol. The molecule has 1 unspecified atom stereocenters. The Labute approximate surface area is 172 Å². The standard InChI is InChI=1S/C19H25N5O2S2/c1-13-21-15(12-28-13)11-23-8-4-14(5-9-23)18(26)24-7-2-3-16(24)17(25)22-19-20-6-10-27-19/h6,10,12,14,16H,2-5,7-9,11H2,1H3,(H,20,22,25). The SMILES string of the molecule is Cc1nc(CN2CCC(C(=O)N3CCCC3C(=O)Nc3nccs3)CC2)cs1. The number of piperidine rings is 1. The molecule has 2 fully saturated rings. The number of aryl methyl sites for hydroxylation is 1. The molecule has 2 aliphatic rings. The first-order valence-electron chi connectivity index (χ1n) is 9.74. The van der Waals surface area contributed by atoms with Crippen molar-refractivity contribution in [1.29, 1.82) is 0 Å². The quantitative estimate of drug-likeness (QED) is 0.806. The number of carbonyl (C=O) groups excluding carboxylic acids is 2. The molecular weight excluding hydrogens is 394 g/mol. The molecule has 2 saturated heterocycles. The van der Waals surface area contributed by atoms with Crippen LogP contribution >= 0.6 is 22.7 Å².